The van der Waals surface area contributed by atoms with Crippen LogP contribution in [0.3, 0.4) is 0 Å². The summed E-state index contributed by atoms with van der Waals surface area (Å²) >= 11 is 1.85. The van der Waals surface area contributed by atoms with E-state index in [2.05, 4.69) is 529 Å². The Bertz CT molecular complexity index is 9540. The molecule has 6 nitrogen and oxygen atoms in total. The van der Waals surface area contributed by atoms with Crippen LogP contribution in [0.5, 0.6) is 0 Å². The maximum Gasteiger partial charge on any atom is 0.145 e. The van der Waals surface area contributed by atoms with Gasteiger partial charge >= 0.3 is 0 Å². The molecule has 7 heteroatoms. The van der Waals surface area contributed by atoms with Crippen LogP contribution < -0.4 is 9.80 Å². The molecule has 5 heterocycles. The number of benzene rings is 22. The van der Waals surface area contributed by atoms with Crippen molar-refractivity contribution in [3.05, 3.63) is 532 Å². The lowest BCUT2D eigenvalue weighted by Crippen LogP contribution is -2.26. The van der Waals surface area contributed by atoms with Crippen LogP contribution >= 0.6 is 11.3 Å². The van der Waals surface area contributed by atoms with Crippen LogP contribution in [0.15, 0.2) is 518 Å². The summed E-state index contributed by atoms with van der Waals surface area (Å²) in [5.41, 5.74) is 40.6. The Morgan fingerprint density at radius 2 is 0.514 bits per heavy atom. The van der Waals surface area contributed by atoms with Gasteiger partial charge in [0.05, 0.1) is 38.3 Å². The fourth-order valence-electron chi connectivity index (χ4n) is 23.0. The molecular weight excluding hydrogens is 1720 g/mol. The molecular formula is C133H84N4O2S. The predicted molar refractivity (Wildman–Crippen MR) is 587 cm³/mol. The van der Waals surface area contributed by atoms with Crippen molar-refractivity contribution >= 4 is 153 Å². The number of aromatic nitrogens is 2. The van der Waals surface area contributed by atoms with Crippen LogP contribution in [0, 0.1) is 0 Å². The zero-order valence-electron chi connectivity index (χ0n) is 76.0. The highest BCUT2D eigenvalue weighted by atomic mass is 32.1. The SMILES string of the molecule is c1ccc(-c2ccc(N(c3ccc(-c4cc5c6ccccc6n(-c6cccc(-c7ccccc7)c6)c5c5c4oc4ccccc45)cc3)c3ccc4c(c3)C3(c5ccccc5-c5ccccc53)c3ccccc3-4)cc2)cc1.c1ccc(-c2ccc(N(c3ccc(-c4cc5c6ccccc6n(-c6cccc(-c7ccccc7)c6)c5c5c4oc4ccccc45)cc3)c3ccc4sc5ccccc5c4c3)cc2)cc1. The van der Waals surface area contributed by atoms with Gasteiger partial charge in [-0.25, -0.2) is 0 Å². The van der Waals surface area contributed by atoms with Crippen molar-refractivity contribution in [1.29, 1.82) is 0 Å². The molecule has 0 saturated carbocycles. The van der Waals surface area contributed by atoms with Gasteiger partial charge in [0.25, 0.3) is 0 Å². The van der Waals surface area contributed by atoms with Gasteiger partial charge in [0.15, 0.2) is 0 Å². The molecule has 0 bridgehead atoms. The number of thiophene rings is 1. The summed E-state index contributed by atoms with van der Waals surface area (Å²) in [5.74, 6) is 0. The van der Waals surface area contributed by atoms with E-state index in [4.69, 9.17) is 8.83 Å². The van der Waals surface area contributed by atoms with Crippen molar-refractivity contribution in [2.75, 3.05) is 9.80 Å². The molecule has 0 N–H and O–H groups in total. The number of anilines is 6. The lowest BCUT2D eigenvalue weighted by molar-refractivity contribution is 0.670. The number of fused-ring (bicyclic) bond motifs is 27. The lowest BCUT2D eigenvalue weighted by atomic mass is 9.70. The number of furan rings is 2. The van der Waals surface area contributed by atoms with Gasteiger partial charge in [-0.2, -0.15) is 0 Å². The molecule has 654 valence electrons. The van der Waals surface area contributed by atoms with Crippen LogP contribution in [0.1, 0.15) is 22.3 Å². The Labute approximate surface area is 812 Å². The van der Waals surface area contributed by atoms with Gasteiger partial charge < -0.3 is 27.8 Å². The van der Waals surface area contributed by atoms with Crippen LogP contribution in [0.2, 0.25) is 0 Å². The molecule has 0 aliphatic heterocycles. The first-order valence-corrected chi connectivity index (χ1v) is 48.8. The number of hydrogen-bond acceptors (Lipinski definition) is 5. The molecule has 0 fully saturated rings. The third kappa shape index (κ3) is 12.8. The number of rotatable bonds is 14. The third-order valence-electron chi connectivity index (χ3n) is 29.2. The second-order valence-electron chi connectivity index (χ2n) is 36.8. The van der Waals surface area contributed by atoms with Crippen LogP contribution in [-0.2, 0) is 5.41 Å². The van der Waals surface area contributed by atoms with E-state index in [1.807, 2.05) is 11.3 Å². The van der Waals surface area contributed by atoms with E-state index in [1.165, 1.54) is 131 Å². The lowest BCUT2D eigenvalue weighted by Gasteiger charge is -2.32. The van der Waals surface area contributed by atoms with Crippen LogP contribution in [0.4, 0.5) is 34.1 Å². The fourth-order valence-corrected chi connectivity index (χ4v) is 24.1. The summed E-state index contributed by atoms with van der Waals surface area (Å²) in [6.45, 7) is 0. The van der Waals surface area contributed by atoms with E-state index in [9.17, 15) is 0 Å². The Kier molecular flexibility index (Phi) is 18.7. The summed E-state index contributed by atoms with van der Waals surface area (Å²) in [6.07, 6.45) is 0. The summed E-state index contributed by atoms with van der Waals surface area (Å²) in [7, 11) is 0. The molecule has 29 rings (SSSR count). The summed E-state index contributed by atoms with van der Waals surface area (Å²) in [5, 5.41) is 11.8. The highest BCUT2D eigenvalue weighted by molar-refractivity contribution is 7.25. The van der Waals surface area contributed by atoms with E-state index >= 15 is 0 Å². The minimum Gasteiger partial charge on any atom is -0.455 e. The maximum absolute atomic E-state index is 7.03. The minimum atomic E-state index is -0.466. The molecule has 140 heavy (non-hydrogen) atoms. The molecule has 0 radical (unpaired) electrons. The Morgan fingerprint density at radius 1 is 0.193 bits per heavy atom. The molecule has 0 amide bonds. The predicted octanol–water partition coefficient (Wildman–Crippen LogP) is 37.0. The average molecular weight is 1800 g/mol. The quantitative estimate of drug-likeness (QED) is 0.109. The Hall–Kier alpha value is -18.1. The van der Waals surface area contributed by atoms with Gasteiger partial charge in [-0.3, -0.25) is 0 Å². The minimum absolute atomic E-state index is 0.466. The standard InChI is InChI=1S/C73H46N2O.C60H38N2OS/c1-3-18-47(19-4-1)49-34-38-52(39-35-49)74(55-42-43-59-58-26-9-14-31-66(58)73(67(59)45-55)64-29-12-7-24-56(64)57-25-8-13-30-65(57)73)53-40-36-50(37-41-53)62-46-63-60-27-10-15-32-68(60)75(54-23-17-22-51(44-54)48-20-5-2-6-21-48)71(63)70-61-28-11-16-33-69(61)76-72(62)70;1-3-14-39(15-4-1)41-26-30-44(31-27-41)61(47-34-35-57-52(37-47)49-21-9-12-25-56(49)64-57)45-32-28-42(29-33-45)51-38-53-48-20-7-10-23-54(48)62(46-19-13-18-43(36-46)40-16-5-2-6-17-40)59(53)58-50-22-8-11-24-55(50)63-60(51)58/h1-46H;1-38H. The monoisotopic (exact) mass is 1800 g/mol. The normalized spacial score (nSPS) is 12.3. The van der Waals surface area contributed by atoms with E-state index in [1.54, 1.807) is 0 Å². The fraction of sp³-hybridized carbons (Fsp3) is 0.00752. The molecule has 2 aliphatic carbocycles. The number of nitrogens with zero attached hydrogens (tertiary/aromatic N) is 4. The van der Waals surface area contributed by atoms with E-state index in [0.717, 1.165) is 134 Å². The van der Waals surface area contributed by atoms with Gasteiger partial charge in [0.1, 0.15) is 22.3 Å². The molecule has 22 aromatic carbocycles. The number of para-hydroxylation sites is 4. The molecule has 2 aliphatic rings. The van der Waals surface area contributed by atoms with Gasteiger partial charge in [0, 0.05) is 109 Å². The van der Waals surface area contributed by atoms with Gasteiger partial charge in [-0.15, -0.1) is 11.3 Å². The Morgan fingerprint density at radius 3 is 0.957 bits per heavy atom. The number of hydrogen-bond donors (Lipinski definition) is 0. The molecule has 0 atom stereocenters. The van der Waals surface area contributed by atoms with Gasteiger partial charge in [0.2, 0.25) is 0 Å². The molecule has 0 unspecified atom stereocenters. The van der Waals surface area contributed by atoms with E-state index in [0.29, 0.717) is 0 Å². The molecule has 1 spiro atoms. The summed E-state index contributed by atoms with van der Waals surface area (Å²) < 4.78 is 21.4. The topological polar surface area (TPSA) is 42.6 Å². The smallest absolute Gasteiger partial charge is 0.145 e. The van der Waals surface area contributed by atoms with Crippen molar-refractivity contribution in [2.24, 2.45) is 0 Å². The first kappa shape index (κ1) is 80.3. The van der Waals surface area contributed by atoms with E-state index < -0.39 is 5.41 Å². The molecule has 27 aromatic rings. The molecule has 5 aromatic heterocycles. The zero-order chi connectivity index (χ0) is 92.0. The highest BCUT2D eigenvalue weighted by Gasteiger charge is 2.52. The second-order valence-corrected chi connectivity index (χ2v) is 37.9. The maximum atomic E-state index is 7.03. The third-order valence-corrected chi connectivity index (χ3v) is 30.3. The highest BCUT2D eigenvalue weighted by Crippen LogP contribution is 2.64. The van der Waals surface area contributed by atoms with E-state index in [-0.39, 0.29) is 0 Å². The van der Waals surface area contributed by atoms with Crippen molar-refractivity contribution < 1.29 is 8.83 Å². The first-order valence-electron chi connectivity index (χ1n) is 48.0. The van der Waals surface area contributed by atoms with Crippen molar-refractivity contribution in [1.82, 2.24) is 9.13 Å². The van der Waals surface area contributed by atoms with Crippen molar-refractivity contribution in [2.45, 2.75) is 5.41 Å². The van der Waals surface area contributed by atoms with Gasteiger partial charge in [-0.05, 0) is 246 Å². The zero-order valence-corrected chi connectivity index (χ0v) is 76.8. The largest absolute Gasteiger partial charge is 0.455 e. The van der Waals surface area contributed by atoms with Crippen molar-refractivity contribution in [3.63, 3.8) is 0 Å². The Balaban J connectivity index is 0.000000139. The van der Waals surface area contributed by atoms with Crippen LogP contribution in [-0.4, -0.2) is 9.13 Å². The summed E-state index contributed by atoms with van der Waals surface area (Å²) in [6, 6.07) is 186. The summed E-state index contributed by atoms with van der Waals surface area (Å²) in [4.78, 5) is 4.81. The van der Waals surface area contributed by atoms with Gasteiger partial charge in [-0.1, -0.05) is 364 Å². The first-order chi connectivity index (χ1) is 69.4. The second kappa shape index (κ2) is 32.6. The molecule has 0 saturated heterocycles. The van der Waals surface area contributed by atoms with Crippen molar-refractivity contribution in [3.8, 4) is 100 Å². The van der Waals surface area contributed by atoms with Crippen LogP contribution in [0.25, 0.3) is 208 Å². The average Bonchev–Trinajstić information content (AvgIpc) is 1.50.